The highest BCUT2D eigenvalue weighted by atomic mass is 35.5. The van der Waals surface area contributed by atoms with Gasteiger partial charge in [-0.1, -0.05) is 61.3 Å². The molecule has 164 valence electrons. The largest absolute Gasteiger partial charge is 0.507 e. The Morgan fingerprint density at radius 3 is 1.82 bits per heavy atom. The summed E-state index contributed by atoms with van der Waals surface area (Å²) >= 11 is 0. The van der Waals surface area contributed by atoms with Gasteiger partial charge in [-0.05, 0) is 46.1 Å². The van der Waals surface area contributed by atoms with Crippen molar-refractivity contribution in [1.82, 2.24) is 10.2 Å². The summed E-state index contributed by atoms with van der Waals surface area (Å²) in [6.07, 6.45) is 3.65. The Labute approximate surface area is 185 Å². The van der Waals surface area contributed by atoms with Crippen molar-refractivity contribution in [2.24, 2.45) is 0 Å². The van der Waals surface area contributed by atoms with Crippen LogP contribution in [-0.4, -0.2) is 36.2 Å². The molecule has 0 bridgehead atoms. The van der Waals surface area contributed by atoms with E-state index in [1.807, 2.05) is 0 Å². The Hall–Kier alpha value is -0.480. The van der Waals surface area contributed by atoms with Crippen LogP contribution in [0.3, 0.4) is 0 Å². The van der Waals surface area contributed by atoms with Crippen molar-refractivity contribution in [2.75, 3.05) is 26.2 Å². The van der Waals surface area contributed by atoms with E-state index in [2.05, 4.69) is 70.8 Å². The van der Waals surface area contributed by atoms with Crippen LogP contribution in [0.2, 0.25) is 0 Å². The van der Waals surface area contributed by atoms with Crippen molar-refractivity contribution in [1.29, 1.82) is 0 Å². The molecule has 1 atom stereocenters. The lowest BCUT2D eigenvalue weighted by molar-refractivity contribution is 0.163. The number of benzene rings is 1. The molecule has 2 rings (SSSR count). The molecule has 0 aliphatic carbocycles. The Bertz CT molecular complexity index is 565. The molecule has 0 unspecified atom stereocenters. The fourth-order valence-electron chi connectivity index (χ4n) is 3.94. The summed E-state index contributed by atoms with van der Waals surface area (Å²) < 4.78 is 0. The predicted octanol–water partition coefficient (Wildman–Crippen LogP) is 5.97. The number of hydrogen-bond acceptors (Lipinski definition) is 3. The van der Waals surface area contributed by atoms with Crippen LogP contribution in [0.1, 0.15) is 90.5 Å². The van der Waals surface area contributed by atoms with E-state index < -0.39 is 0 Å². The first-order valence-electron chi connectivity index (χ1n) is 10.4. The fraction of sp³-hybridized carbons (Fsp3) is 0.739. The van der Waals surface area contributed by atoms with Gasteiger partial charge < -0.3 is 10.4 Å². The van der Waals surface area contributed by atoms with Gasteiger partial charge in [0.1, 0.15) is 5.75 Å². The van der Waals surface area contributed by atoms with Crippen molar-refractivity contribution in [3.8, 4) is 5.75 Å². The number of phenolic OH excluding ortho intramolecular Hbond substituents is 1. The minimum absolute atomic E-state index is 0. The second-order valence-corrected chi connectivity index (χ2v) is 9.91. The Balaban J connectivity index is 0.00000364. The lowest BCUT2D eigenvalue weighted by Crippen LogP contribution is -2.45. The van der Waals surface area contributed by atoms with Gasteiger partial charge in [0.05, 0.1) is 0 Å². The molecule has 0 amide bonds. The van der Waals surface area contributed by atoms with E-state index in [-0.39, 0.29) is 35.6 Å². The summed E-state index contributed by atoms with van der Waals surface area (Å²) in [4.78, 5) is 2.64. The summed E-state index contributed by atoms with van der Waals surface area (Å²) in [6.45, 7) is 19.8. The molecule has 1 fully saturated rings. The van der Waals surface area contributed by atoms with Gasteiger partial charge in [-0.15, -0.1) is 24.8 Å². The van der Waals surface area contributed by atoms with E-state index in [1.54, 1.807) is 0 Å². The summed E-state index contributed by atoms with van der Waals surface area (Å²) in [5, 5.41) is 14.5. The first kappa shape index (κ1) is 27.5. The molecule has 0 spiro atoms. The van der Waals surface area contributed by atoms with E-state index in [1.165, 1.54) is 24.8 Å². The zero-order valence-electron chi connectivity index (χ0n) is 18.9. The topological polar surface area (TPSA) is 35.5 Å². The van der Waals surface area contributed by atoms with Crippen molar-refractivity contribution in [2.45, 2.75) is 84.6 Å². The second kappa shape index (κ2) is 11.1. The molecule has 0 radical (unpaired) electrons. The summed E-state index contributed by atoms with van der Waals surface area (Å²) in [5.74, 6) is 0.489. The molecule has 1 heterocycles. The van der Waals surface area contributed by atoms with Gasteiger partial charge in [0.2, 0.25) is 0 Å². The van der Waals surface area contributed by atoms with Crippen LogP contribution >= 0.6 is 24.8 Å². The third-order valence-corrected chi connectivity index (χ3v) is 5.56. The average molecular weight is 434 g/mol. The van der Waals surface area contributed by atoms with Crippen LogP contribution < -0.4 is 5.32 Å². The Morgan fingerprint density at radius 2 is 1.43 bits per heavy atom. The van der Waals surface area contributed by atoms with Gasteiger partial charge in [-0.25, -0.2) is 0 Å². The molecular formula is C23H42Cl2N2O. The number of nitrogens with one attached hydrogen (secondary N) is 1. The van der Waals surface area contributed by atoms with E-state index in [0.29, 0.717) is 11.8 Å². The molecule has 1 aromatic rings. The maximum Gasteiger partial charge on any atom is 0.123 e. The van der Waals surface area contributed by atoms with E-state index in [4.69, 9.17) is 0 Å². The fourth-order valence-corrected chi connectivity index (χ4v) is 3.94. The maximum atomic E-state index is 11.0. The summed E-state index contributed by atoms with van der Waals surface area (Å²) in [7, 11) is 0. The normalized spacial score (nSPS) is 16.8. The molecule has 0 saturated carbocycles. The number of halogens is 2. The Kier molecular flexibility index (Phi) is 10.9. The van der Waals surface area contributed by atoms with Crippen LogP contribution in [0, 0.1) is 0 Å². The summed E-state index contributed by atoms with van der Waals surface area (Å²) in [5.41, 5.74) is 3.40. The van der Waals surface area contributed by atoms with Crippen molar-refractivity contribution in [3.63, 3.8) is 0 Å². The van der Waals surface area contributed by atoms with E-state index >= 15 is 0 Å². The number of aromatic hydroxyl groups is 1. The quantitative estimate of drug-likeness (QED) is 0.601. The third-order valence-electron chi connectivity index (χ3n) is 5.56. The maximum absolute atomic E-state index is 11.0. The number of phenols is 1. The molecule has 0 aromatic heterocycles. The van der Waals surface area contributed by atoms with Crippen molar-refractivity contribution >= 4 is 24.8 Å². The predicted molar refractivity (Wildman–Crippen MR) is 127 cm³/mol. The molecule has 5 heteroatoms. The SMILES string of the molecule is CCCC[C@H](c1cc(C(C)(C)C)c(O)c(C(C)(C)C)c1)N1CCNCC1.Cl.Cl. The zero-order chi connectivity index (χ0) is 19.5. The Morgan fingerprint density at radius 1 is 0.964 bits per heavy atom. The van der Waals surface area contributed by atoms with Gasteiger partial charge in [0, 0.05) is 32.2 Å². The molecule has 1 saturated heterocycles. The molecule has 1 aliphatic heterocycles. The van der Waals surface area contributed by atoms with Gasteiger partial charge in [0.15, 0.2) is 0 Å². The molecule has 2 N–H and O–H groups in total. The molecule has 1 aliphatic rings. The molecule has 28 heavy (non-hydrogen) atoms. The van der Waals surface area contributed by atoms with Crippen LogP contribution in [0.5, 0.6) is 5.75 Å². The zero-order valence-corrected chi connectivity index (χ0v) is 20.5. The molecule has 3 nitrogen and oxygen atoms in total. The van der Waals surface area contributed by atoms with Gasteiger partial charge >= 0.3 is 0 Å². The number of nitrogens with zero attached hydrogens (tertiary/aromatic N) is 1. The standard InChI is InChI=1S/C23H40N2O.2ClH/c1-8-9-10-20(25-13-11-24-12-14-25)17-15-18(22(2,3)4)21(26)19(16-17)23(5,6)7;;/h15-16,20,24,26H,8-14H2,1-7H3;2*1H/t20-;;/m1../s1. The highest BCUT2D eigenvalue weighted by Crippen LogP contribution is 2.42. The third kappa shape index (κ3) is 6.79. The van der Waals surface area contributed by atoms with Crippen LogP contribution in [-0.2, 0) is 10.8 Å². The van der Waals surface area contributed by atoms with Crippen molar-refractivity contribution in [3.05, 3.63) is 28.8 Å². The minimum atomic E-state index is -0.0706. The molecular weight excluding hydrogens is 391 g/mol. The monoisotopic (exact) mass is 432 g/mol. The first-order chi connectivity index (χ1) is 12.1. The smallest absolute Gasteiger partial charge is 0.123 e. The average Bonchev–Trinajstić information content (AvgIpc) is 2.55. The van der Waals surface area contributed by atoms with E-state index in [0.717, 1.165) is 37.3 Å². The lowest BCUT2D eigenvalue weighted by Gasteiger charge is -2.37. The number of piperazine rings is 1. The van der Waals surface area contributed by atoms with Gasteiger partial charge in [-0.3, -0.25) is 4.90 Å². The van der Waals surface area contributed by atoms with Crippen LogP contribution in [0.25, 0.3) is 0 Å². The summed E-state index contributed by atoms with van der Waals surface area (Å²) in [6, 6.07) is 5.01. The highest BCUT2D eigenvalue weighted by molar-refractivity contribution is 5.85. The van der Waals surface area contributed by atoms with Gasteiger partial charge in [0.25, 0.3) is 0 Å². The van der Waals surface area contributed by atoms with E-state index in [9.17, 15) is 5.11 Å². The highest BCUT2D eigenvalue weighted by Gasteiger charge is 2.30. The number of unbranched alkanes of at least 4 members (excludes halogenated alkanes) is 1. The first-order valence-corrected chi connectivity index (χ1v) is 10.4. The van der Waals surface area contributed by atoms with Gasteiger partial charge in [-0.2, -0.15) is 0 Å². The number of rotatable bonds is 5. The van der Waals surface area contributed by atoms with Crippen molar-refractivity contribution < 1.29 is 5.11 Å². The molecule has 1 aromatic carbocycles. The minimum Gasteiger partial charge on any atom is -0.507 e. The second-order valence-electron chi connectivity index (χ2n) is 9.91. The number of hydrogen-bond donors (Lipinski definition) is 2. The lowest BCUT2D eigenvalue weighted by atomic mass is 9.77. The van der Waals surface area contributed by atoms with Crippen LogP contribution in [0.15, 0.2) is 12.1 Å². The van der Waals surface area contributed by atoms with Crippen LogP contribution in [0.4, 0.5) is 0 Å².